The summed E-state index contributed by atoms with van der Waals surface area (Å²) in [7, 11) is 0. The van der Waals surface area contributed by atoms with Gasteiger partial charge in [-0.1, -0.05) is 37.3 Å². The molecule has 0 N–H and O–H groups in total. The zero-order chi connectivity index (χ0) is 15.9. The number of hydrogen-bond acceptors (Lipinski definition) is 3. The molecule has 0 bridgehead atoms. The van der Waals surface area contributed by atoms with Gasteiger partial charge in [0.1, 0.15) is 11.5 Å². The van der Waals surface area contributed by atoms with Crippen molar-refractivity contribution in [1.82, 2.24) is 4.90 Å². The third-order valence-corrected chi connectivity index (χ3v) is 4.41. The first-order valence-electron chi connectivity index (χ1n) is 8.44. The van der Waals surface area contributed by atoms with Crippen LogP contribution in [0.3, 0.4) is 0 Å². The summed E-state index contributed by atoms with van der Waals surface area (Å²) in [5, 5.41) is 0. The van der Waals surface area contributed by atoms with Gasteiger partial charge in [0.25, 0.3) is 0 Å². The molecule has 0 aromatic heterocycles. The van der Waals surface area contributed by atoms with E-state index >= 15 is 0 Å². The van der Waals surface area contributed by atoms with E-state index in [-0.39, 0.29) is 0 Å². The Kier molecular flexibility index (Phi) is 5.67. The Hall–Kier alpha value is -1.84. The number of ether oxygens (including phenoxy) is 2. The van der Waals surface area contributed by atoms with Gasteiger partial charge in [-0.25, -0.2) is 0 Å². The van der Waals surface area contributed by atoms with Crippen molar-refractivity contribution in [2.75, 3.05) is 32.8 Å². The summed E-state index contributed by atoms with van der Waals surface area (Å²) in [4.78, 5) is 2.49. The smallest absolute Gasteiger partial charge is 0.127 e. The fraction of sp³-hybridized carbons (Fsp3) is 0.400. The van der Waals surface area contributed by atoms with Gasteiger partial charge >= 0.3 is 0 Å². The van der Waals surface area contributed by atoms with Crippen LogP contribution in [-0.4, -0.2) is 37.7 Å². The first kappa shape index (κ1) is 16.0. The fourth-order valence-corrected chi connectivity index (χ4v) is 2.86. The highest BCUT2D eigenvalue weighted by molar-refractivity contribution is 5.33. The maximum atomic E-state index is 5.85. The molecule has 3 nitrogen and oxygen atoms in total. The number of hydrogen-bond donors (Lipinski definition) is 0. The molecule has 0 aliphatic carbocycles. The highest BCUT2D eigenvalue weighted by Crippen LogP contribution is 2.25. The van der Waals surface area contributed by atoms with E-state index in [4.69, 9.17) is 9.47 Å². The lowest BCUT2D eigenvalue weighted by molar-refractivity contribution is 0.0367. The summed E-state index contributed by atoms with van der Waals surface area (Å²) in [6.45, 7) is 7.33. The van der Waals surface area contributed by atoms with Crippen LogP contribution in [0.1, 0.15) is 24.8 Å². The minimum atomic E-state index is 0.559. The van der Waals surface area contributed by atoms with Crippen molar-refractivity contribution in [2.45, 2.75) is 19.3 Å². The van der Waals surface area contributed by atoms with Gasteiger partial charge in [0, 0.05) is 13.1 Å². The Morgan fingerprint density at radius 1 is 0.957 bits per heavy atom. The second kappa shape index (κ2) is 8.14. The van der Waals surface area contributed by atoms with Crippen LogP contribution in [-0.2, 0) is 4.74 Å². The van der Waals surface area contributed by atoms with Gasteiger partial charge < -0.3 is 9.47 Å². The van der Waals surface area contributed by atoms with Gasteiger partial charge in [0.15, 0.2) is 0 Å². The van der Waals surface area contributed by atoms with E-state index in [1.807, 2.05) is 30.3 Å². The Balaban J connectivity index is 1.51. The minimum absolute atomic E-state index is 0.559. The van der Waals surface area contributed by atoms with Gasteiger partial charge in [-0.05, 0) is 48.7 Å². The molecule has 1 aliphatic rings. The Morgan fingerprint density at radius 3 is 2.30 bits per heavy atom. The maximum absolute atomic E-state index is 5.85. The van der Waals surface area contributed by atoms with Crippen molar-refractivity contribution in [1.29, 1.82) is 0 Å². The molecule has 2 aromatic rings. The molecule has 0 saturated carbocycles. The molecular weight excluding hydrogens is 286 g/mol. The van der Waals surface area contributed by atoms with E-state index in [0.29, 0.717) is 5.92 Å². The van der Waals surface area contributed by atoms with Crippen LogP contribution in [0.25, 0.3) is 0 Å². The predicted molar refractivity (Wildman–Crippen MR) is 93.2 cm³/mol. The van der Waals surface area contributed by atoms with Crippen LogP contribution >= 0.6 is 0 Å². The topological polar surface area (TPSA) is 21.7 Å². The first-order valence-corrected chi connectivity index (χ1v) is 8.44. The number of para-hydroxylation sites is 1. The van der Waals surface area contributed by atoms with E-state index in [1.165, 1.54) is 12.0 Å². The molecule has 0 spiro atoms. The van der Waals surface area contributed by atoms with Crippen molar-refractivity contribution in [3.63, 3.8) is 0 Å². The molecule has 3 heteroatoms. The van der Waals surface area contributed by atoms with E-state index in [9.17, 15) is 0 Å². The zero-order valence-electron chi connectivity index (χ0n) is 13.8. The molecular formula is C20H25NO2. The highest BCUT2D eigenvalue weighted by atomic mass is 16.5. The van der Waals surface area contributed by atoms with Crippen LogP contribution in [0.15, 0.2) is 54.6 Å². The average molecular weight is 311 g/mol. The summed E-state index contributed by atoms with van der Waals surface area (Å²) < 4.78 is 11.2. The monoisotopic (exact) mass is 311 g/mol. The minimum Gasteiger partial charge on any atom is -0.457 e. The van der Waals surface area contributed by atoms with Crippen molar-refractivity contribution in [3.05, 3.63) is 60.2 Å². The second-order valence-electron chi connectivity index (χ2n) is 6.13. The standard InChI is InChI=1S/C20H25NO2/c1-17(11-12-21-13-15-22-16-14-21)18-7-9-20(10-8-18)23-19-5-3-2-4-6-19/h2-10,17H,11-16H2,1H3. The van der Waals surface area contributed by atoms with E-state index in [0.717, 1.165) is 44.3 Å². The maximum Gasteiger partial charge on any atom is 0.127 e. The number of morpholine rings is 1. The number of benzene rings is 2. The second-order valence-corrected chi connectivity index (χ2v) is 6.13. The van der Waals surface area contributed by atoms with Gasteiger partial charge in [-0.3, -0.25) is 4.90 Å². The van der Waals surface area contributed by atoms with E-state index in [2.05, 4.69) is 36.1 Å². The molecule has 0 radical (unpaired) electrons. The normalized spacial score (nSPS) is 16.9. The van der Waals surface area contributed by atoms with Crippen molar-refractivity contribution >= 4 is 0 Å². The van der Waals surface area contributed by atoms with E-state index in [1.54, 1.807) is 0 Å². The third-order valence-electron chi connectivity index (χ3n) is 4.41. The molecule has 0 amide bonds. The summed E-state index contributed by atoms with van der Waals surface area (Å²) in [6.07, 6.45) is 1.18. The number of rotatable bonds is 6. The Labute approximate surface area is 138 Å². The zero-order valence-corrected chi connectivity index (χ0v) is 13.8. The van der Waals surface area contributed by atoms with Crippen LogP contribution in [0.4, 0.5) is 0 Å². The Bertz CT molecular complexity index is 576. The molecule has 1 saturated heterocycles. The van der Waals surface area contributed by atoms with Crippen molar-refractivity contribution < 1.29 is 9.47 Å². The van der Waals surface area contributed by atoms with Crippen LogP contribution in [0, 0.1) is 0 Å². The quantitative estimate of drug-likeness (QED) is 0.793. The van der Waals surface area contributed by atoms with Crippen LogP contribution in [0.2, 0.25) is 0 Å². The average Bonchev–Trinajstić information content (AvgIpc) is 2.62. The SMILES string of the molecule is CC(CCN1CCOCC1)c1ccc(Oc2ccccc2)cc1. The lowest BCUT2D eigenvalue weighted by Gasteiger charge is -2.27. The molecule has 1 unspecified atom stereocenters. The van der Waals surface area contributed by atoms with Gasteiger partial charge in [0.2, 0.25) is 0 Å². The van der Waals surface area contributed by atoms with Gasteiger partial charge in [-0.15, -0.1) is 0 Å². The summed E-state index contributed by atoms with van der Waals surface area (Å²) in [5.74, 6) is 2.32. The molecule has 1 atom stereocenters. The van der Waals surface area contributed by atoms with Crippen LogP contribution in [0.5, 0.6) is 11.5 Å². The lowest BCUT2D eigenvalue weighted by Crippen LogP contribution is -2.37. The van der Waals surface area contributed by atoms with Crippen molar-refractivity contribution in [3.8, 4) is 11.5 Å². The molecule has 1 aliphatic heterocycles. The summed E-state index contributed by atoms with van der Waals surface area (Å²) >= 11 is 0. The first-order chi connectivity index (χ1) is 11.3. The largest absolute Gasteiger partial charge is 0.457 e. The Morgan fingerprint density at radius 2 is 1.61 bits per heavy atom. The molecule has 23 heavy (non-hydrogen) atoms. The third kappa shape index (κ3) is 4.81. The predicted octanol–water partition coefficient (Wildman–Crippen LogP) is 4.30. The summed E-state index contributed by atoms with van der Waals surface area (Å²) in [6, 6.07) is 18.4. The fourth-order valence-electron chi connectivity index (χ4n) is 2.86. The van der Waals surface area contributed by atoms with Gasteiger partial charge in [-0.2, -0.15) is 0 Å². The molecule has 122 valence electrons. The highest BCUT2D eigenvalue weighted by Gasteiger charge is 2.12. The van der Waals surface area contributed by atoms with Crippen LogP contribution < -0.4 is 4.74 Å². The number of nitrogens with zero attached hydrogens (tertiary/aromatic N) is 1. The molecule has 2 aromatic carbocycles. The molecule has 1 fully saturated rings. The lowest BCUT2D eigenvalue weighted by atomic mass is 9.97. The summed E-state index contributed by atoms with van der Waals surface area (Å²) in [5.41, 5.74) is 1.37. The van der Waals surface area contributed by atoms with E-state index < -0.39 is 0 Å². The molecule has 1 heterocycles. The van der Waals surface area contributed by atoms with Crippen molar-refractivity contribution in [2.24, 2.45) is 0 Å². The molecule has 3 rings (SSSR count). The van der Waals surface area contributed by atoms with Gasteiger partial charge in [0.05, 0.1) is 13.2 Å².